The molecule has 1 N–H and O–H groups in total. The molecule has 7 nitrogen and oxygen atoms in total. The second-order valence-corrected chi connectivity index (χ2v) is 7.47. The molecule has 0 radical (unpaired) electrons. The van der Waals surface area contributed by atoms with Crippen molar-refractivity contribution in [2.24, 2.45) is 0 Å². The van der Waals surface area contributed by atoms with Crippen LogP contribution in [0.5, 0.6) is 0 Å². The molecule has 1 aromatic rings. The highest BCUT2D eigenvalue weighted by Crippen LogP contribution is 2.23. The fourth-order valence-corrected chi connectivity index (χ4v) is 3.16. The van der Waals surface area contributed by atoms with Crippen molar-refractivity contribution in [1.82, 2.24) is 14.5 Å². The third kappa shape index (κ3) is 2.97. The number of aryl methyl sites for hydroxylation is 1. The largest absolute Gasteiger partial charge is 0.448 e. The third-order valence-electron chi connectivity index (χ3n) is 3.76. The Morgan fingerprint density at radius 2 is 2.05 bits per heavy atom. The first-order valence-electron chi connectivity index (χ1n) is 6.76. The number of likely N-dealkylation sites (N-methyl/N-ethyl adjacent to an activating group) is 1. The lowest BCUT2D eigenvalue weighted by molar-refractivity contribution is 0.0742. The van der Waals surface area contributed by atoms with Gasteiger partial charge in [-0.2, -0.15) is 0 Å². The van der Waals surface area contributed by atoms with E-state index in [1.54, 1.807) is 18.9 Å². The van der Waals surface area contributed by atoms with Gasteiger partial charge >= 0.3 is 0 Å². The first-order valence-corrected chi connectivity index (χ1v) is 8.20. The van der Waals surface area contributed by atoms with Crippen LogP contribution >= 0.6 is 0 Å². The van der Waals surface area contributed by atoms with E-state index in [1.165, 1.54) is 20.2 Å². The molecule has 1 amide bonds. The van der Waals surface area contributed by atoms with Crippen LogP contribution in [-0.2, 0) is 10.0 Å². The Hall–Kier alpha value is -1.38. The summed E-state index contributed by atoms with van der Waals surface area (Å²) in [5, 5.41) is 3.00. The summed E-state index contributed by atoms with van der Waals surface area (Å²) in [5.74, 6) is 0.100. The zero-order valence-corrected chi connectivity index (χ0v) is 13.5. The van der Waals surface area contributed by atoms with E-state index in [2.05, 4.69) is 5.32 Å². The molecule has 2 heterocycles. The number of nitrogens with one attached hydrogen (secondary N) is 1. The predicted octanol–water partition coefficient (Wildman–Crippen LogP) is 0.272. The molecule has 2 rings (SSSR count). The van der Waals surface area contributed by atoms with Crippen molar-refractivity contribution < 1.29 is 17.6 Å². The second-order valence-electron chi connectivity index (χ2n) is 5.39. The maximum absolute atomic E-state index is 12.5. The minimum Gasteiger partial charge on any atom is -0.448 e. The van der Waals surface area contributed by atoms with Gasteiger partial charge in [0.15, 0.2) is 0 Å². The van der Waals surface area contributed by atoms with E-state index < -0.39 is 10.0 Å². The van der Waals surface area contributed by atoms with Crippen molar-refractivity contribution in [2.45, 2.75) is 24.5 Å². The van der Waals surface area contributed by atoms with Crippen molar-refractivity contribution in [3.63, 3.8) is 0 Å². The van der Waals surface area contributed by atoms with Gasteiger partial charge in [0, 0.05) is 39.8 Å². The molecular formula is C13H21N3O4S. The lowest BCUT2D eigenvalue weighted by Crippen LogP contribution is -2.38. The summed E-state index contributed by atoms with van der Waals surface area (Å²) in [4.78, 5) is 14.1. The van der Waals surface area contributed by atoms with Crippen molar-refractivity contribution in [3.05, 3.63) is 17.4 Å². The number of hydrogen-bond donors (Lipinski definition) is 1. The fourth-order valence-electron chi connectivity index (χ4n) is 2.30. The van der Waals surface area contributed by atoms with Crippen molar-refractivity contribution in [2.75, 3.05) is 34.2 Å². The number of amides is 1. The molecule has 118 valence electrons. The van der Waals surface area contributed by atoms with Gasteiger partial charge in [-0.25, -0.2) is 12.7 Å². The van der Waals surface area contributed by atoms with Crippen LogP contribution in [0.15, 0.2) is 15.6 Å². The molecule has 0 spiro atoms. The molecule has 0 bridgehead atoms. The molecule has 1 aliphatic heterocycles. The number of nitrogens with zero attached hydrogens (tertiary/aromatic N) is 2. The van der Waals surface area contributed by atoms with Gasteiger partial charge in [0.2, 0.25) is 5.09 Å². The number of furan rings is 1. The minimum absolute atomic E-state index is 0.126. The van der Waals surface area contributed by atoms with Crippen LogP contribution in [0.2, 0.25) is 0 Å². The standard InChI is InChI=1S/C13H21N3O4S/c1-9-11(7-12(20-9)21(18,19)15(2)3)13(17)16(4)10-5-6-14-8-10/h7,10,14H,5-6,8H2,1-4H3. The summed E-state index contributed by atoms with van der Waals surface area (Å²) >= 11 is 0. The predicted molar refractivity (Wildman–Crippen MR) is 77.7 cm³/mol. The van der Waals surface area contributed by atoms with E-state index in [4.69, 9.17) is 4.42 Å². The number of carbonyl (C=O) groups excluding carboxylic acids is 1. The monoisotopic (exact) mass is 315 g/mol. The van der Waals surface area contributed by atoms with Gasteiger partial charge in [0.25, 0.3) is 15.9 Å². The molecular weight excluding hydrogens is 294 g/mol. The Bertz CT molecular complexity index is 630. The van der Waals surface area contributed by atoms with Gasteiger partial charge < -0.3 is 14.6 Å². The van der Waals surface area contributed by atoms with E-state index in [0.717, 1.165) is 23.8 Å². The summed E-state index contributed by atoms with van der Waals surface area (Å²) in [6, 6.07) is 1.44. The van der Waals surface area contributed by atoms with Gasteiger partial charge in [0.1, 0.15) is 5.76 Å². The smallest absolute Gasteiger partial charge is 0.275 e. The molecule has 0 aromatic carbocycles. The Balaban J connectivity index is 2.29. The molecule has 8 heteroatoms. The van der Waals surface area contributed by atoms with Crippen LogP contribution in [-0.4, -0.2) is 63.8 Å². The van der Waals surface area contributed by atoms with Crippen LogP contribution in [0.4, 0.5) is 0 Å². The highest BCUT2D eigenvalue weighted by Gasteiger charge is 2.29. The molecule has 1 aliphatic rings. The van der Waals surface area contributed by atoms with E-state index in [0.29, 0.717) is 11.3 Å². The van der Waals surface area contributed by atoms with Crippen LogP contribution in [0.25, 0.3) is 0 Å². The zero-order chi connectivity index (χ0) is 15.8. The van der Waals surface area contributed by atoms with Crippen LogP contribution in [0, 0.1) is 6.92 Å². The minimum atomic E-state index is -3.67. The maximum atomic E-state index is 12.5. The lowest BCUT2D eigenvalue weighted by atomic mass is 10.2. The lowest BCUT2D eigenvalue weighted by Gasteiger charge is -2.23. The Kier molecular flexibility index (Phi) is 4.40. The van der Waals surface area contributed by atoms with Gasteiger partial charge in [-0.3, -0.25) is 4.79 Å². The Morgan fingerprint density at radius 1 is 1.38 bits per heavy atom. The average Bonchev–Trinajstić information content (AvgIpc) is 3.06. The summed E-state index contributed by atoms with van der Waals surface area (Å²) < 4.78 is 30.4. The number of hydrogen-bond acceptors (Lipinski definition) is 5. The van der Waals surface area contributed by atoms with E-state index in [1.807, 2.05) is 0 Å². The summed E-state index contributed by atoms with van der Waals surface area (Å²) in [5.41, 5.74) is 0.296. The molecule has 0 saturated carbocycles. The van der Waals surface area contributed by atoms with Gasteiger partial charge in [0.05, 0.1) is 5.56 Å². The quantitative estimate of drug-likeness (QED) is 0.862. The van der Waals surface area contributed by atoms with Crippen LogP contribution in [0.3, 0.4) is 0 Å². The summed E-state index contributed by atoms with van der Waals surface area (Å²) in [6.07, 6.45) is 0.891. The van der Waals surface area contributed by atoms with Gasteiger partial charge in [-0.15, -0.1) is 0 Å². The van der Waals surface area contributed by atoms with Crippen molar-refractivity contribution in [1.29, 1.82) is 0 Å². The molecule has 1 saturated heterocycles. The van der Waals surface area contributed by atoms with Crippen LogP contribution in [0.1, 0.15) is 22.5 Å². The number of rotatable bonds is 4. The molecule has 0 aliphatic carbocycles. The molecule has 1 fully saturated rings. The zero-order valence-electron chi connectivity index (χ0n) is 12.7. The van der Waals surface area contributed by atoms with Crippen molar-refractivity contribution in [3.8, 4) is 0 Å². The van der Waals surface area contributed by atoms with E-state index in [9.17, 15) is 13.2 Å². The highest BCUT2D eigenvalue weighted by molar-refractivity contribution is 7.88. The third-order valence-corrected chi connectivity index (χ3v) is 5.43. The van der Waals surface area contributed by atoms with Gasteiger partial charge in [-0.05, 0) is 19.9 Å². The Morgan fingerprint density at radius 3 is 2.57 bits per heavy atom. The molecule has 1 atom stereocenters. The number of carbonyl (C=O) groups is 1. The Labute approximate surface area is 124 Å². The van der Waals surface area contributed by atoms with Gasteiger partial charge in [-0.1, -0.05) is 0 Å². The summed E-state index contributed by atoms with van der Waals surface area (Å²) in [6.45, 7) is 3.23. The first kappa shape index (κ1) is 16.0. The highest BCUT2D eigenvalue weighted by atomic mass is 32.2. The second kappa shape index (κ2) is 5.78. The average molecular weight is 315 g/mol. The van der Waals surface area contributed by atoms with E-state index in [-0.39, 0.29) is 17.0 Å². The molecule has 21 heavy (non-hydrogen) atoms. The topological polar surface area (TPSA) is 82.9 Å². The fraction of sp³-hybridized carbons (Fsp3) is 0.615. The van der Waals surface area contributed by atoms with Crippen LogP contribution < -0.4 is 5.32 Å². The molecule has 1 unspecified atom stereocenters. The normalized spacial score (nSPS) is 19.2. The summed E-state index contributed by atoms with van der Waals surface area (Å²) in [7, 11) is 0.899. The van der Waals surface area contributed by atoms with Crippen molar-refractivity contribution >= 4 is 15.9 Å². The maximum Gasteiger partial charge on any atom is 0.275 e. The SMILES string of the molecule is Cc1oc(S(=O)(=O)N(C)C)cc1C(=O)N(C)C1CCNC1. The number of sulfonamides is 1. The molecule has 1 aromatic heterocycles. The first-order chi connectivity index (χ1) is 9.75. The van der Waals surface area contributed by atoms with E-state index >= 15 is 0 Å².